The van der Waals surface area contributed by atoms with Gasteiger partial charge >= 0.3 is 0 Å². The first-order chi connectivity index (χ1) is 23.7. The van der Waals surface area contributed by atoms with Gasteiger partial charge in [-0.15, -0.1) is 0 Å². The highest BCUT2D eigenvalue weighted by Gasteiger charge is 2.38. The average Bonchev–Trinajstić information content (AvgIpc) is 3.67. The second-order valence-corrected chi connectivity index (χ2v) is 12.3. The number of anilines is 2. The number of nitrogens with zero attached hydrogens (tertiary/aromatic N) is 4. The van der Waals surface area contributed by atoms with Gasteiger partial charge in [0, 0.05) is 27.9 Å². The number of fused-ring (bicyclic) bond motifs is 6. The van der Waals surface area contributed by atoms with Gasteiger partial charge in [-0.2, -0.15) is 10.5 Å². The summed E-state index contributed by atoms with van der Waals surface area (Å²) in [5.41, 5.74) is 11.8. The van der Waals surface area contributed by atoms with E-state index in [9.17, 15) is 10.5 Å². The van der Waals surface area contributed by atoms with Crippen LogP contribution in [-0.4, -0.2) is 10.6 Å². The molecule has 9 rings (SSSR count). The van der Waals surface area contributed by atoms with E-state index in [0.29, 0.717) is 11.1 Å². The molecule has 2 atom stereocenters. The lowest BCUT2D eigenvalue weighted by atomic mass is 9.90. The zero-order valence-corrected chi connectivity index (χ0v) is 26.0. The molecule has 0 radical (unpaired) electrons. The lowest BCUT2D eigenvalue weighted by Crippen LogP contribution is -2.29. The normalized spacial score (nSPS) is 16.1. The van der Waals surface area contributed by atoms with Gasteiger partial charge in [0.05, 0.1) is 45.6 Å². The van der Waals surface area contributed by atoms with E-state index < -0.39 is 0 Å². The van der Waals surface area contributed by atoms with E-state index in [0.717, 1.165) is 50.3 Å². The van der Waals surface area contributed by atoms with Crippen molar-refractivity contribution < 1.29 is 0 Å². The van der Waals surface area contributed by atoms with Crippen LogP contribution in [0.1, 0.15) is 22.6 Å². The van der Waals surface area contributed by atoms with Crippen LogP contribution in [0.2, 0.25) is 0 Å². The van der Waals surface area contributed by atoms with Gasteiger partial charge in [0.1, 0.15) is 6.07 Å². The van der Waals surface area contributed by atoms with Gasteiger partial charge in [0.2, 0.25) is 0 Å². The lowest BCUT2D eigenvalue weighted by molar-refractivity contribution is 0.744. The van der Waals surface area contributed by atoms with Crippen LogP contribution in [0.3, 0.4) is 0 Å². The number of nitriles is 2. The number of para-hydroxylation sites is 3. The molecule has 48 heavy (non-hydrogen) atoms. The van der Waals surface area contributed by atoms with Crippen molar-refractivity contribution in [2.24, 2.45) is 0 Å². The Morgan fingerprint density at radius 1 is 0.521 bits per heavy atom. The highest BCUT2D eigenvalue weighted by molar-refractivity contribution is 6.10. The quantitative estimate of drug-likeness (QED) is 0.199. The molecule has 1 aromatic heterocycles. The Morgan fingerprint density at radius 3 is 1.94 bits per heavy atom. The standard InChI is InChI=1S/C44H28N4/c45-27-29-21-23-38-37-16-6-8-18-41(37)47(44(38)25-29)39-24-22-30(26-31(39)28-46)32-11-1-2-12-33(32)34-13-3-7-17-40(34)48-42-19-9-4-14-35(42)36-15-5-10-20-43(36)48/h1-26,37,41H. The minimum Gasteiger partial charge on any atom is -0.332 e. The molecule has 0 bridgehead atoms. The van der Waals surface area contributed by atoms with Crippen LogP contribution in [0, 0.1) is 22.7 Å². The predicted molar refractivity (Wildman–Crippen MR) is 194 cm³/mol. The van der Waals surface area contributed by atoms with E-state index in [1.807, 2.05) is 18.2 Å². The van der Waals surface area contributed by atoms with E-state index in [2.05, 4.69) is 161 Å². The zero-order valence-electron chi connectivity index (χ0n) is 26.0. The van der Waals surface area contributed by atoms with Crippen molar-refractivity contribution in [1.82, 2.24) is 4.57 Å². The molecule has 0 amide bonds. The minimum atomic E-state index is 0.0299. The molecule has 4 heteroatoms. The van der Waals surface area contributed by atoms with E-state index in [4.69, 9.17) is 0 Å². The average molecular weight is 613 g/mol. The Balaban J connectivity index is 1.20. The summed E-state index contributed by atoms with van der Waals surface area (Å²) in [5, 5.41) is 22.7. The van der Waals surface area contributed by atoms with Crippen LogP contribution in [0.15, 0.2) is 158 Å². The Hall–Kier alpha value is -6.62. The number of aromatic nitrogens is 1. The van der Waals surface area contributed by atoms with Crippen LogP contribution in [0.4, 0.5) is 11.4 Å². The molecule has 2 heterocycles. The van der Waals surface area contributed by atoms with Crippen LogP contribution < -0.4 is 4.90 Å². The summed E-state index contributed by atoms with van der Waals surface area (Å²) < 4.78 is 2.36. The third-order valence-electron chi connectivity index (χ3n) is 9.81. The fourth-order valence-corrected chi connectivity index (χ4v) is 7.74. The predicted octanol–water partition coefficient (Wildman–Crippen LogP) is 10.6. The van der Waals surface area contributed by atoms with Crippen LogP contribution in [-0.2, 0) is 0 Å². The van der Waals surface area contributed by atoms with Crippen LogP contribution in [0.5, 0.6) is 0 Å². The third kappa shape index (κ3) is 4.14. The summed E-state index contributed by atoms with van der Waals surface area (Å²) in [4.78, 5) is 2.23. The van der Waals surface area contributed by atoms with E-state index in [1.165, 1.54) is 16.3 Å². The summed E-state index contributed by atoms with van der Waals surface area (Å²) >= 11 is 0. The second kappa shape index (κ2) is 11.0. The molecule has 2 unspecified atom stereocenters. The van der Waals surface area contributed by atoms with Gasteiger partial charge in [-0.1, -0.05) is 115 Å². The maximum Gasteiger partial charge on any atom is 0.101 e. The topological polar surface area (TPSA) is 55.8 Å². The van der Waals surface area contributed by atoms with Crippen molar-refractivity contribution in [3.8, 4) is 40.1 Å². The highest BCUT2D eigenvalue weighted by Crippen LogP contribution is 2.49. The van der Waals surface area contributed by atoms with Gasteiger partial charge in [0.15, 0.2) is 0 Å². The molecule has 0 fully saturated rings. The fourth-order valence-electron chi connectivity index (χ4n) is 7.74. The van der Waals surface area contributed by atoms with Gasteiger partial charge in [-0.3, -0.25) is 0 Å². The van der Waals surface area contributed by atoms with E-state index in [-0.39, 0.29) is 12.0 Å². The van der Waals surface area contributed by atoms with Crippen molar-refractivity contribution in [3.05, 3.63) is 174 Å². The van der Waals surface area contributed by atoms with Gasteiger partial charge in [-0.25, -0.2) is 0 Å². The molecular formula is C44H28N4. The first-order valence-corrected chi connectivity index (χ1v) is 16.1. The second-order valence-electron chi connectivity index (χ2n) is 12.3. The lowest BCUT2D eigenvalue weighted by Gasteiger charge is -2.29. The van der Waals surface area contributed by atoms with Crippen molar-refractivity contribution in [2.75, 3.05) is 4.90 Å². The molecule has 7 aromatic rings. The largest absolute Gasteiger partial charge is 0.332 e. The van der Waals surface area contributed by atoms with E-state index in [1.54, 1.807) is 0 Å². The summed E-state index contributed by atoms with van der Waals surface area (Å²) in [5.74, 6) is 0.155. The summed E-state index contributed by atoms with van der Waals surface area (Å²) in [6, 6.07) is 51.1. The molecule has 224 valence electrons. The molecule has 0 N–H and O–H groups in total. The Kier molecular flexibility index (Phi) is 6.35. The van der Waals surface area contributed by atoms with Gasteiger partial charge in [0.25, 0.3) is 0 Å². The fraction of sp³-hybridized carbons (Fsp3) is 0.0455. The van der Waals surface area contributed by atoms with Crippen molar-refractivity contribution in [3.63, 3.8) is 0 Å². The number of hydrogen-bond acceptors (Lipinski definition) is 3. The number of hydrogen-bond donors (Lipinski definition) is 0. The third-order valence-corrected chi connectivity index (χ3v) is 9.81. The number of rotatable bonds is 4. The summed E-state index contributed by atoms with van der Waals surface area (Å²) in [7, 11) is 0. The first kappa shape index (κ1) is 27.7. The molecular weight excluding hydrogens is 585 g/mol. The molecule has 1 aliphatic carbocycles. The number of benzene rings is 6. The van der Waals surface area contributed by atoms with Crippen molar-refractivity contribution in [1.29, 1.82) is 10.5 Å². The van der Waals surface area contributed by atoms with Crippen LogP contribution >= 0.6 is 0 Å². The number of allylic oxidation sites excluding steroid dienone is 2. The van der Waals surface area contributed by atoms with Crippen molar-refractivity contribution >= 4 is 33.2 Å². The zero-order chi connectivity index (χ0) is 32.2. The Bertz CT molecular complexity index is 2520. The van der Waals surface area contributed by atoms with Crippen molar-refractivity contribution in [2.45, 2.75) is 12.0 Å². The van der Waals surface area contributed by atoms with E-state index >= 15 is 0 Å². The minimum absolute atomic E-state index is 0.0299. The highest BCUT2D eigenvalue weighted by atomic mass is 15.2. The molecule has 0 saturated carbocycles. The van der Waals surface area contributed by atoms with Gasteiger partial charge < -0.3 is 9.47 Å². The monoisotopic (exact) mass is 612 g/mol. The maximum atomic E-state index is 10.6. The Labute approximate surface area is 279 Å². The molecule has 0 saturated heterocycles. The molecule has 2 aliphatic rings. The molecule has 6 aromatic carbocycles. The van der Waals surface area contributed by atoms with Crippen LogP contribution in [0.25, 0.3) is 49.7 Å². The molecule has 1 aliphatic heterocycles. The van der Waals surface area contributed by atoms with Gasteiger partial charge in [-0.05, 0) is 64.7 Å². The smallest absolute Gasteiger partial charge is 0.101 e. The maximum absolute atomic E-state index is 10.6. The summed E-state index contributed by atoms with van der Waals surface area (Å²) in [6.07, 6.45) is 8.54. The Morgan fingerprint density at radius 2 is 1.19 bits per heavy atom. The molecule has 0 spiro atoms. The first-order valence-electron chi connectivity index (χ1n) is 16.1. The molecule has 4 nitrogen and oxygen atoms in total. The SMILES string of the molecule is N#Cc1ccc2c(c1)N(c1ccc(-c3ccccc3-c3ccccc3-n3c4ccccc4c4ccccc43)cc1C#N)C1C=CC=CC21. The summed E-state index contributed by atoms with van der Waals surface area (Å²) in [6.45, 7) is 0.